The van der Waals surface area contributed by atoms with Gasteiger partial charge in [-0.25, -0.2) is 0 Å². The first kappa shape index (κ1) is 15.3. The summed E-state index contributed by atoms with van der Waals surface area (Å²) >= 11 is 0. The van der Waals surface area contributed by atoms with E-state index < -0.39 is 4.92 Å². The van der Waals surface area contributed by atoms with Crippen LogP contribution in [0.25, 0.3) is 0 Å². The van der Waals surface area contributed by atoms with E-state index in [1.54, 1.807) is 19.2 Å². The van der Waals surface area contributed by atoms with Gasteiger partial charge in [0.1, 0.15) is 5.69 Å². The Morgan fingerprint density at radius 1 is 1.48 bits per heavy atom. The van der Waals surface area contributed by atoms with Gasteiger partial charge in [-0.2, -0.15) is 0 Å². The van der Waals surface area contributed by atoms with E-state index >= 15 is 0 Å². The van der Waals surface area contributed by atoms with Crippen molar-refractivity contribution in [1.29, 1.82) is 0 Å². The Labute approximate surface area is 124 Å². The number of amides is 1. The van der Waals surface area contributed by atoms with E-state index in [1.807, 2.05) is 4.90 Å². The lowest BCUT2D eigenvalue weighted by Crippen LogP contribution is -2.39. The lowest BCUT2D eigenvalue weighted by atomic mass is 10.1. The second kappa shape index (κ2) is 6.11. The molecular weight excluding hydrogens is 270 g/mol. The zero-order valence-electron chi connectivity index (χ0n) is 12.6. The summed E-state index contributed by atoms with van der Waals surface area (Å²) in [5.74, 6) is -0.0433. The summed E-state index contributed by atoms with van der Waals surface area (Å²) in [5.41, 5.74) is 0.846. The van der Waals surface area contributed by atoms with Gasteiger partial charge >= 0.3 is 0 Å². The van der Waals surface area contributed by atoms with E-state index in [2.05, 4.69) is 19.2 Å². The Hall–Kier alpha value is -2.11. The Bertz CT molecular complexity index is 559. The molecule has 1 aromatic carbocycles. The third-order valence-corrected chi connectivity index (χ3v) is 4.20. The van der Waals surface area contributed by atoms with Gasteiger partial charge in [0.25, 0.3) is 11.6 Å². The molecule has 1 aliphatic heterocycles. The van der Waals surface area contributed by atoms with Crippen LogP contribution in [-0.4, -0.2) is 34.9 Å². The highest BCUT2D eigenvalue weighted by Gasteiger charge is 2.34. The normalized spacial score (nSPS) is 21.4. The quantitative estimate of drug-likeness (QED) is 0.683. The fourth-order valence-electron chi connectivity index (χ4n) is 3.02. The molecule has 0 bridgehead atoms. The number of hydrogen-bond acceptors (Lipinski definition) is 4. The number of carbonyl (C=O) groups excluding carboxylic acids is 1. The minimum atomic E-state index is -0.451. The molecule has 1 aromatic rings. The molecule has 1 N–H and O–H groups in total. The maximum absolute atomic E-state index is 12.7. The Kier molecular flexibility index (Phi) is 4.45. The summed E-state index contributed by atoms with van der Waals surface area (Å²) in [4.78, 5) is 25.1. The summed E-state index contributed by atoms with van der Waals surface area (Å²) in [6, 6.07) is 4.98. The van der Waals surface area contributed by atoms with Crippen molar-refractivity contribution in [3.8, 4) is 0 Å². The molecule has 0 aliphatic carbocycles. The number of nitro groups is 1. The van der Waals surface area contributed by atoms with Gasteiger partial charge in [0.2, 0.25) is 0 Å². The van der Waals surface area contributed by atoms with Gasteiger partial charge in [0.15, 0.2) is 0 Å². The fraction of sp³-hybridized carbons (Fsp3) is 0.533. The molecular formula is C15H21N3O3. The standard InChI is InChI=1S/C15H21N3O3/c1-4-12-7-5-10(2)17(12)15(19)11-6-8-14(18(20)21)13(9-11)16-3/h6,8-10,12,16H,4-5,7H2,1-3H3. The molecule has 0 spiro atoms. The molecule has 1 fully saturated rings. The average Bonchev–Trinajstić information content (AvgIpc) is 2.86. The van der Waals surface area contributed by atoms with E-state index in [0.29, 0.717) is 11.3 Å². The average molecular weight is 291 g/mol. The molecule has 0 saturated carbocycles. The highest BCUT2D eigenvalue weighted by molar-refractivity contribution is 5.96. The smallest absolute Gasteiger partial charge is 0.292 e. The Morgan fingerprint density at radius 3 is 2.76 bits per heavy atom. The molecule has 1 heterocycles. The number of carbonyl (C=O) groups is 1. The molecule has 1 amide bonds. The zero-order valence-corrected chi connectivity index (χ0v) is 12.6. The van der Waals surface area contributed by atoms with E-state index in [-0.39, 0.29) is 23.7 Å². The molecule has 2 unspecified atom stereocenters. The Morgan fingerprint density at radius 2 is 2.19 bits per heavy atom. The first-order chi connectivity index (χ1) is 9.99. The summed E-state index contributed by atoms with van der Waals surface area (Å²) in [5, 5.41) is 13.7. The van der Waals surface area contributed by atoms with Crippen LogP contribution in [0, 0.1) is 10.1 Å². The van der Waals surface area contributed by atoms with Gasteiger partial charge in [-0.05, 0) is 38.3 Å². The highest BCUT2D eigenvalue weighted by atomic mass is 16.6. The first-order valence-corrected chi connectivity index (χ1v) is 7.28. The van der Waals surface area contributed by atoms with E-state index in [0.717, 1.165) is 19.3 Å². The summed E-state index contributed by atoms with van der Waals surface area (Å²) < 4.78 is 0. The predicted octanol–water partition coefficient (Wildman–Crippen LogP) is 3.04. The number of likely N-dealkylation sites (tertiary alicyclic amines) is 1. The van der Waals surface area contributed by atoms with Crippen molar-refractivity contribution in [3.63, 3.8) is 0 Å². The topological polar surface area (TPSA) is 75.5 Å². The number of hydrogen-bond donors (Lipinski definition) is 1. The predicted molar refractivity (Wildman–Crippen MR) is 81.6 cm³/mol. The third kappa shape index (κ3) is 2.84. The monoisotopic (exact) mass is 291 g/mol. The summed E-state index contributed by atoms with van der Waals surface area (Å²) in [7, 11) is 1.61. The number of rotatable bonds is 4. The zero-order chi connectivity index (χ0) is 15.6. The number of nitrogens with one attached hydrogen (secondary N) is 1. The first-order valence-electron chi connectivity index (χ1n) is 7.28. The van der Waals surface area contributed by atoms with Crippen LogP contribution in [0.1, 0.15) is 43.5 Å². The maximum atomic E-state index is 12.7. The minimum Gasteiger partial charge on any atom is -0.383 e. The molecule has 114 valence electrons. The number of anilines is 1. The molecule has 0 aromatic heterocycles. The van der Waals surface area contributed by atoms with Gasteiger partial charge < -0.3 is 10.2 Å². The highest BCUT2D eigenvalue weighted by Crippen LogP contribution is 2.30. The molecule has 2 atom stereocenters. The molecule has 1 aliphatic rings. The van der Waals surface area contributed by atoms with Crippen LogP contribution in [0.3, 0.4) is 0 Å². The number of nitrogens with zero attached hydrogens (tertiary/aromatic N) is 2. The van der Waals surface area contributed by atoms with Crippen LogP contribution in [0.15, 0.2) is 18.2 Å². The largest absolute Gasteiger partial charge is 0.383 e. The third-order valence-electron chi connectivity index (χ3n) is 4.20. The second-order valence-corrected chi connectivity index (χ2v) is 5.44. The van der Waals surface area contributed by atoms with Crippen molar-refractivity contribution < 1.29 is 9.72 Å². The fourth-order valence-corrected chi connectivity index (χ4v) is 3.02. The minimum absolute atomic E-state index is 0.0180. The van der Waals surface area contributed by atoms with Crippen LogP contribution in [0.4, 0.5) is 11.4 Å². The van der Waals surface area contributed by atoms with Crippen molar-refractivity contribution in [1.82, 2.24) is 4.90 Å². The van der Waals surface area contributed by atoms with Crippen LogP contribution >= 0.6 is 0 Å². The van der Waals surface area contributed by atoms with E-state index in [4.69, 9.17) is 0 Å². The van der Waals surface area contributed by atoms with Crippen molar-refractivity contribution >= 4 is 17.3 Å². The molecule has 2 rings (SSSR count). The van der Waals surface area contributed by atoms with Crippen molar-refractivity contribution in [3.05, 3.63) is 33.9 Å². The van der Waals surface area contributed by atoms with Crippen LogP contribution in [0.2, 0.25) is 0 Å². The molecule has 6 nitrogen and oxygen atoms in total. The van der Waals surface area contributed by atoms with Crippen molar-refractivity contribution in [2.75, 3.05) is 12.4 Å². The summed E-state index contributed by atoms with van der Waals surface area (Å²) in [6.07, 6.45) is 2.97. The maximum Gasteiger partial charge on any atom is 0.292 e. The van der Waals surface area contributed by atoms with Crippen molar-refractivity contribution in [2.24, 2.45) is 0 Å². The van der Waals surface area contributed by atoms with Crippen molar-refractivity contribution in [2.45, 2.75) is 45.2 Å². The van der Waals surface area contributed by atoms with E-state index in [9.17, 15) is 14.9 Å². The van der Waals surface area contributed by atoms with Gasteiger partial charge in [-0.1, -0.05) is 6.92 Å². The second-order valence-electron chi connectivity index (χ2n) is 5.44. The molecule has 21 heavy (non-hydrogen) atoms. The van der Waals surface area contributed by atoms with Gasteiger partial charge in [-0.15, -0.1) is 0 Å². The molecule has 1 saturated heterocycles. The van der Waals surface area contributed by atoms with Gasteiger partial charge in [-0.3, -0.25) is 14.9 Å². The molecule has 6 heteroatoms. The lowest BCUT2D eigenvalue weighted by Gasteiger charge is -2.28. The SMILES string of the molecule is CCC1CCC(C)N1C(=O)c1ccc([N+](=O)[O-])c(NC)c1. The number of nitro benzene ring substituents is 1. The number of benzene rings is 1. The summed E-state index contributed by atoms with van der Waals surface area (Å²) in [6.45, 7) is 4.13. The van der Waals surface area contributed by atoms with Gasteiger partial charge in [0.05, 0.1) is 4.92 Å². The van der Waals surface area contributed by atoms with Gasteiger partial charge in [0, 0.05) is 30.8 Å². The van der Waals surface area contributed by atoms with Crippen LogP contribution < -0.4 is 5.32 Å². The Balaban J connectivity index is 2.33. The van der Waals surface area contributed by atoms with E-state index in [1.165, 1.54) is 6.07 Å². The lowest BCUT2D eigenvalue weighted by molar-refractivity contribution is -0.383. The molecule has 0 radical (unpaired) electrons. The van der Waals surface area contributed by atoms with Crippen LogP contribution in [-0.2, 0) is 0 Å². The van der Waals surface area contributed by atoms with Crippen LogP contribution in [0.5, 0.6) is 0 Å².